The number of thioether (sulfide) groups is 1. The van der Waals surface area contributed by atoms with Crippen molar-refractivity contribution in [2.75, 3.05) is 10.6 Å². The zero-order chi connectivity index (χ0) is 22.9. The van der Waals surface area contributed by atoms with Crippen LogP contribution in [0.3, 0.4) is 0 Å². The van der Waals surface area contributed by atoms with Gasteiger partial charge in [0.1, 0.15) is 5.25 Å². The van der Waals surface area contributed by atoms with Crippen molar-refractivity contribution in [1.29, 1.82) is 0 Å². The van der Waals surface area contributed by atoms with E-state index in [2.05, 4.69) is 23.6 Å². The van der Waals surface area contributed by atoms with E-state index in [1.54, 1.807) is 0 Å². The first-order valence-corrected chi connectivity index (χ1v) is 11.9. The van der Waals surface area contributed by atoms with Crippen molar-refractivity contribution in [1.82, 2.24) is 0 Å². The van der Waals surface area contributed by atoms with E-state index in [4.69, 9.17) is 0 Å². The lowest BCUT2D eigenvalue weighted by Gasteiger charge is -2.20. The Bertz CT molecular complexity index is 1070. The highest BCUT2D eigenvalue weighted by molar-refractivity contribution is 8.00. The number of benzene rings is 3. The van der Waals surface area contributed by atoms with Crippen LogP contribution >= 0.6 is 11.8 Å². The van der Waals surface area contributed by atoms with E-state index in [-0.39, 0.29) is 11.8 Å². The molecule has 0 aliphatic carbocycles. The van der Waals surface area contributed by atoms with E-state index in [1.165, 1.54) is 11.8 Å². The van der Waals surface area contributed by atoms with Crippen LogP contribution in [0.5, 0.6) is 0 Å². The Morgan fingerprint density at radius 3 is 2.38 bits per heavy atom. The van der Waals surface area contributed by atoms with Gasteiger partial charge in [-0.3, -0.25) is 9.59 Å². The molecule has 4 nitrogen and oxygen atoms in total. The predicted molar refractivity (Wildman–Crippen MR) is 134 cm³/mol. The molecule has 0 aliphatic rings. The van der Waals surface area contributed by atoms with E-state index in [0.29, 0.717) is 6.42 Å². The molecule has 0 heterocycles. The first-order valence-electron chi connectivity index (χ1n) is 11.0. The van der Waals surface area contributed by atoms with Gasteiger partial charge in [0, 0.05) is 22.7 Å². The maximum Gasteiger partial charge on any atom is 0.242 e. The van der Waals surface area contributed by atoms with E-state index in [1.807, 2.05) is 80.6 Å². The summed E-state index contributed by atoms with van der Waals surface area (Å²) in [6.45, 7) is 6.08. The normalized spacial score (nSPS) is 11.6. The van der Waals surface area contributed by atoms with Crippen molar-refractivity contribution in [2.45, 2.75) is 50.2 Å². The lowest BCUT2D eigenvalue weighted by Crippen LogP contribution is -2.20. The first kappa shape index (κ1) is 23.6. The minimum atomic E-state index is -0.429. The molecule has 5 heteroatoms. The number of rotatable bonds is 9. The maximum atomic E-state index is 13.5. The Hall–Kier alpha value is -3.05. The van der Waals surface area contributed by atoms with Crippen LogP contribution in [0.1, 0.15) is 48.6 Å². The second kappa shape index (κ2) is 11.5. The number of hydrogen-bond donors (Lipinski definition) is 2. The summed E-state index contributed by atoms with van der Waals surface area (Å²) in [6, 6.07) is 23.5. The van der Waals surface area contributed by atoms with Crippen LogP contribution in [0.25, 0.3) is 0 Å². The average molecular weight is 447 g/mol. The van der Waals surface area contributed by atoms with Gasteiger partial charge in [-0.15, -0.1) is 11.8 Å². The third-order valence-corrected chi connectivity index (χ3v) is 6.43. The first-order chi connectivity index (χ1) is 15.5. The van der Waals surface area contributed by atoms with Crippen LogP contribution < -0.4 is 10.6 Å². The summed E-state index contributed by atoms with van der Waals surface area (Å²) in [4.78, 5) is 26.4. The highest BCUT2D eigenvalue weighted by Crippen LogP contribution is 2.37. The van der Waals surface area contributed by atoms with Crippen molar-refractivity contribution < 1.29 is 9.59 Å². The Morgan fingerprint density at radius 1 is 0.906 bits per heavy atom. The number of amides is 2. The lowest BCUT2D eigenvalue weighted by molar-refractivity contribution is -0.116. The molecule has 2 amide bonds. The summed E-state index contributed by atoms with van der Waals surface area (Å²) < 4.78 is 0. The van der Waals surface area contributed by atoms with Crippen LogP contribution in [0.2, 0.25) is 0 Å². The van der Waals surface area contributed by atoms with Gasteiger partial charge in [0.25, 0.3) is 0 Å². The summed E-state index contributed by atoms with van der Waals surface area (Å²) >= 11 is 1.48. The highest BCUT2D eigenvalue weighted by Gasteiger charge is 2.23. The quantitative estimate of drug-likeness (QED) is 0.357. The monoisotopic (exact) mass is 446 g/mol. The fraction of sp³-hybridized carbons (Fsp3) is 0.259. The molecule has 3 aromatic carbocycles. The van der Waals surface area contributed by atoms with Gasteiger partial charge in [0.15, 0.2) is 0 Å². The Kier molecular flexibility index (Phi) is 8.51. The summed E-state index contributed by atoms with van der Waals surface area (Å²) in [5.41, 5.74) is 4.74. The van der Waals surface area contributed by atoms with Gasteiger partial charge in [0.2, 0.25) is 11.8 Å². The Balaban J connectivity index is 1.87. The second-order valence-electron chi connectivity index (χ2n) is 7.69. The Labute approximate surface area is 194 Å². The smallest absolute Gasteiger partial charge is 0.242 e. The summed E-state index contributed by atoms with van der Waals surface area (Å²) in [6.07, 6.45) is 2.14. The summed E-state index contributed by atoms with van der Waals surface area (Å²) in [5, 5.41) is 5.69. The molecule has 0 aliphatic heterocycles. The van der Waals surface area contributed by atoms with Gasteiger partial charge < -0.3 is 10.6 Å². The van der Waals surface area contributed by atoms with Crippen LogP contribution in [-0.2, 0) is 16.0 Å². The van der Waals surface area contributed by atoms with Crippen LogP contribution in [0.4, 0.5) is 11.4 Å². The minimum absolute atomic E-state index is 0.00125. The standard InChI is InChI=1S/C27H30N2O2S/c1-4-11-24(30)28-22-16-10-17-23(18-22)32-26(21-13-7-6-8-14-21)27(31)29-25-19(3)12-9-15-20(25)5-2/h6-10,12-18,26H,4-5,11H2,1-3H3,(H,28,30)(H,29,31). The molecular weight excluding hydrogens is 416 g/mol. The lowest BCUT2D eigenvalue weighted by atomic mass is 10.1. The molecule has 1 unspecified atom stereocenters. The zero-order valence-corrected chi connectivity index (χ0v) is 19.7. The number of nitrogens with one attached hydrogen (secondary N) is 2. The molecule has 0 saturated carbocycles. The van der Waals surface area contributed by atoms with Gasteiger partial charge in [-0.05, 0) is 54.7 Å². The third kappa shape index (κ3) is 6.24. The number of aryl methyl sites for hydroxylation is 2. The topological polar surface area (TPSA) is 58.2 Å². The minimum Gasteiger partial charge on any atom is -0.326 e. The van der Waals surface area contributed by atoms with Crippen molar-refractivity contribution in [3.05, 3.63) is 89.5 Å². The molecule has 0 saturated heterocycles. The van der Waals surface area contributed by atoms with Gasteiger partial charge in [-0.2, -0.15) is 0 Å². The Morgan fingerprint density at radius 2 is 1.66 bits per heavy atom. The number of para-hydroxylation sites is 1. The molecule has 0 fully saturated rings. The highest BCUT2D eigenvalue weighted by atomic mass is 32.2. The summed E-state index contributed by atoms with van der Waals surface area (Å²) in [7, 11) is 0. The molecule has 166 valence electrons. The van der Waals surface area contributed by atoms with Gasteiger partial charge >= 0.3 is 0 Å². The molecule has 0 aromatic heterocycles. The van der Waals surface area contributed by atoms with Crippen LogP contribution in [0.15, 0.2) is 77.7 Å². The molecular formula is C27H30N2O2S. The van der Waals surface area contributed by atoms with E-state index in [0.717, 1.165) is 45.8 Å². The SMILES string of the molecule is CCCC(=O)Nc1cccc(SC(C(=O)Nc2c(C)cccc2CC)c2ccccc2)c1. The van der Waals surface area contributed by atoms with Gasteiger partial charge in [-0.1, -0.05) is 68.4 Å². The number of anilines is 2. The number of carbonyl (C=O) groups is 2. The van der Waals surface area contributed by atoms with Gasteiger partial charge in [-0.25, -0.2) is 0 Å². The molecule has 0 radical (unpaired) electrons. The van der Waals surface area contributed by atoms with Crippen molar-refractivity contribution in [3.8, 4) is 0 Å². The zero-order valence-electron chi connectivity index (χ0n) is 18.9. The number of hydrogen-bond acceptors (Lipinski definition) is 3. The molecule has 0 spiro atoms. The molecule has 3 rings (SSSR count). The van der Waals surface area contributed by atoms with Crippen LogP contribution in [0, 0.1) is 6.92 Å². The fourth-order valence-corrected chi connectivity index (χ4v) is 4.61. The average Bonchev–Trinajstić information content (AvgIpc) is 2.79. The molecule has 2 N–H and O–H groups in total. The van der Waals surface area contributed by atoms with Crippen molar-refractivity contribution >= 4 is 35.0 Å². The second-order valence-corrected chi connectivity index (χ2v) is 8.86. The molecule has 0 bridgehead atoms. The van der Waals surface area contributed by atoms with Crippen molar-refractivity contribution in [3.63, 3.8) is 0 Å². The molecule has 3 aromatic rings. The predicted octanol–water partition coefficient (Wildman–Crippen LogP) is 6.77. The molecule has 32 heavy (non-hydrogen) atoms. The van der Waals surface area contributed by atoms with Gasteiger partial charge in [0.05, 0.1) is 0 Å². The van der Waals surface area contributed by atoms with Crippen molar-refractivity contribution in [2.24, 2.45) is 0 Å². The van der Waals surface area contributed by atoms with Crippen LogP contribution in [-0.4, -0.2) is 11.8 Å². The van der Waals surface area contributed by atoms with E-state index >= 15 is 0 Å². The number of carbonyl (C=O) groups excluding carboxylic acids is 2. The summed E-state index contributed by atoms with van der Waals surface area (Å²) in [5.74, 6) is -0.0655. The fourth-order valence-electron chi connectivity index (χ4n) is 3.53. The third-order valence-electron chi connectivity index (χ3n) is 5.18. The maximum absolute atomic E-state index is 13.5. The van der Waals surface area contributed by atoms with E-state index in [9.17, 15) is 9.59 Å². The molecule has 1 atom stereocenters. The van der Waals surface area contributed by atoms with E-state index < -0.39 is 5.25 Å². The largest absolute Gasteiger partial charge is 0.326 e.